The highest BCUT2D eigenvalue weighted by Crippen LogP contribution is 2.37. The molecule has 0 amide bonds. The molecule has 0 aliphatic carbocycles. The van der Waals surface area contributed by atoms with Crippen molar-refractivity contribution in [2.24, 2.45) is 4.40 Å². The zero-order valence-corrected chi connectivity index (χ0v) is 12.4. The van der Waals surface area contributed by atoms with E-state index >= 15 is 0 Å². The van der Waals surface area contributed by atoms with E-state index in [1.54, 1.807) is 20.8 Å². The summed E-state index contributed by atoms with van der Waals surface area (Å²) in [5.74, 6) is -0.324. The molecule has 0 heterocycles. The maximum atomic E-state index is 12.8. The van der Waals surface area contributed by atoms with Crippen molar-refractivity contribution in [2.45, 2.75) is 31.7 Å². The summed E-state index contributed by atoms with van der Waals surface area (Å²) in [6.45, 7) is 5.18. The molecule has 0 saturated heterocycles. The van der Waals surface area contributed by atoms with E-state index in [0.29, 0.717) is 0 Å². The average Bonchev–Trinajstić information content (AvgIpc) is 2.32. The quantitative estimate of drug-likeness (QED) is 0.800. The standard InChI is InChI=1S/C13H16F3NO2S/c1-12(2,3)20(18)17-8-9-6-5-7-10(11(9)19-4)13(14,15)16/h5-8H,1-4H3/t20-/m0/s1. The van der Waals surface area contributed by atoms with Crippen molar-refractivity contribution in [3.8, 4) is 5.75 Å². The van der Waals surface area contributed by atoms with Crippen molar-refractivity contribution in [2.75, 3.05) is 7.11 Å². The molecular formula is C13H16F3NO2S. The number of hydrogen-bond donors (Lipinski definition) is 0. The van der Waals surface area contributed by atoms with E-state index < -0.39 is 27.5 Å². The maximum absolute atomic E-state index is 12.8. The van der Waals surface area contributed by atoms with Gasteiger partial charge in [0.25, 0.3) is 0 Å². The number of hydrogen-bond acceptors (Lipinski definition) is 2. The van der Waals surface area contributed by atoms with E-state index in [0.717, 1.165) is 19.4 Å². The third-order valence-corrected chi connectivity index (χ3v) is 3.71. The first kappa shape index (κ1) is 16.7. The first-order valence-corrected chi connectivity index (χ1v) is 6.88. The molecule has 0 bridgehead atoms. The molecule has 1 aromatic rings. The van der Waals surface area contributed by atoms with Crippen LogP contribution in [0.15, 0.2) is 22.6 Å². The van der Waals surface area contributed by atoms with E-state index in [4.69, 9.17) is 4.74 Å². The topological polar surface area (TPSA) is 38.7 Å². The van der Waals surface area contributed by atoms with Crippen LogP contribution in [0, 0.1) is 0 Å². The van der Waals surface area contributed by atoms with Crippen LogP contribution in [0.2, 0.25) is 0 Å². The van der Waals surface area contributed by atoms with Gasteiger partial charge in [-0.1, -0.05) is 6.07 Å². The molecule has 0 fully saturated rings. The number of para-hydroxylation sites is 1. The normalized spacial score (nSPS) is 14.6. The highest BCUT2D eigenvalue weighted by Gasteiger charge is 2.35. The largest absolute Gasteiger partial charge is 0.495 e. The number of ether oxygens (including phenoxy) is 1. The molecule has 0 spiro atoms. The summed E-state index contributed by atoms with van der Waals surface area (Å²) in [6.07, 6.45) is -3.37. The Morgan fingerprint density at radius 1 is 1.25 bits per heavy atom. The molecule has 0 aliphatic rings. The van der Waals surface area contributed by atoms with E-state index in [-0.39, 0.29) is 11.3 Å². The van der Waals surface area contributed by atoms with Gasteiger partial charge in [-0.25, -0.2) is 4.21 Å². The lowest BCUT2D eigenvalue weighted by molar-refractivity contribution is -0.138. The molecule has 1 atom stereocenters. The Hall–Kier alpha value is -1.37. The summed E-state index contributed by atoms with van der Waals surface area (Å²) >= 11 is 0. The second kappa shape index (κ2) is 5.95. The number of rotatable bonds is 3. The Kier molecular flexibility index (Phi) is 4.96. The lowest BCUT2D eigenvalue weighted by Crippen LogP contribution is -2.19. The van der Waals surface area contributed by atoms with Gasteiger partial charge >= 0.3 is 6.18 Å². The zero-order chi connectivity index (χ0) is 15.6. The smallest absolute Gasteiger partial charge is 0.419 e. The Balaban J connectivity index is 3.21. The maximum Gasteiger partial charge on any atom is 0.419 e. The van der Waals surface area contributed by atoms with E-state index in [2.05, 4.69) is 4.40 Å². The van der Waals surface area contributed by atoms with Gasteiger partial charge in [0.1, 0.15) is 16.7 Å². The van der Waals surface area contributed by atoms with E-state index in [1.165, 1.54) is 12.1 Å². The van der Waals surface area contributed by atoms with Gasteiger partial charge < -0.3 is 4.74 Å². The molecule has 7 heteroatoms. The molecule has 0 N–H and O–H groups in total. The molecule has 0 aromatic heterocycles. The molecule has 1 aromatic carbocycles. The van der Waals surface area contributed by atoms with Crippen LogP contribution in [0.4, 0.5) is 13.2 Å². The highest BCUT2D eigenvalue weighted by molar-refractivity contribution is 7.85. The molecule has 0 aliphatic heterocycles. The number of methoxy groups -OCH3 is 1. The molecule has 0 unspecified atom stereocenters. The summed E-state index contributed by atoms with van der Waals surface area (Å²) < 4.78 is 58.3. The number of halogens is 3. The average molecular weight is 307 g/mol. The predicted molar refractivity (Wildman–Crippen MR) is 73.5 cm³/mol. The van der Waals surface area contributed by atoms with Crippen LogP contribution >= 0.6 is 0 Å². The third kappa shape index (κ3) is 4.06. The lowest BCUT2D eigenvalue weighted by atomic mass is 10.1. The molecule has 112 valence electrons. The van der Waals surface area contributed by atoms with Gasteiger partial charge in [-0.15, -0.1) is 0 Å². The van der Waals surface area contributed by atoms with Crippen molar-refractivity contribution in [3.63, 3.8) is 0 Å². The van der Waals surface area contributed by atoms with Gasteiger partial charge in [-0.3, -0.25) is 0 Å². The van der Waals surface area contributed by atoms with E-state index in [1.807, 2.05) is 0 Å². The summed E-state index contributed by atoms with van der Waals surface area (Å²) in [6, 6.07) is 3.61. The molecule has 1 rings (SSSR count). The Labute approximate surface area is 118 Å². The van der Waals surface area contributed by atoms with Crippen LogP contribution < -0.4 is 4.74 Å². The second-order valence-electron chi connectivity index (χ2n) is 5.02. The minimum Gasteiger partial charge on any atom is -0.495 e. The van der Waals surface area contributed by atoms with Crippen LogP contribution in [0.3, 0.4) is 0 Å². The van der Waals surface area contributed by atoms with Crippen molar-refractivity contribution < 1.29 is 22.1 Å². The molecule has 3 nitrogen and oxygen atoms in total. The second-order valence-corrected chi connectivity index (χ2v) is 6.96. The fourth-order valence-corrected chi connectivity index (χ4v) is 1.90. The first-order chi connectivity index (χ1) is 9.07. The minimum absolute atomic E-state index is 0.139. The van der Waals surface area contributed by atoms with Crippen molar-refractivity contribution >= 4 is 17.2 Å². The summed E-state index contributed by atoms with van der Waals surface area (Å²) in [4.78, 5) is 0. The van der Waals surface area contributed by atoms with Crippen LogP contribution in [0.5, 0.6) is 5.75 Å². The van der Waals surface area contributed by atoms with Crippen LogP contribution in [0.1, 0.15) is 31.9 Å². The van der Waals surface area contributed by atoms with E-state index in [9.17, 15) is 17.4 Å². The van der Waals surface area contributed by atoms with Crippen molar-refractivity contribution in [1.82, 2.24) is 0 Å². The fourth-order valence-electron chi connectivity index (χ4n) is 1.37. The highest BCUT2D eigenvalue weighted by atomic mass is 32.2. The third-order valence-electron chi connectivity index (χ3n) is 2.37. The molecule has 20 heavy (non-hydrogen) atoms. The summed E-state index contributed by atoms with van der Waals surface area (Å²) in [5.41, 5.74) is -0.745. The summed E-state index contributed by atoms with van der Waals surface area (Å²) in [5, 5.41) is 0. The van der Waals surface area contributed by atoms with Gasteiger partial charge in [0.05, 0.1) is 17.4 Å². The summed E-state index contributed by atoms with van der Waals surface area (Å²) in [7, 11) is -0.388. The van der Waals surface area contributed by atoms with Gasteiger partial charge in [0.15, 0.2) is 0 Å². The van der Waals surface area contributed by atoms with Crippen LogP contribution in [0.25, 0.3) is 0 Å². The van der Waals surface area contributed by atoms with Gasteiger partial charge in [0.2, 0.25) is 0 Å². The minimum atomic E-state index is -4.52. The molecule has 0 radical (unpaired) electrons. The Morgan fingerprint density at radius 2 is 1.85 bits per heavy atom. The monoisotopic (exact) mass is 307 g/mol. The SMILES string of the molecule is COc1c(C=N[S@@](=O)C(C)(C)C)cccc1C(F)(F)F. The molecule has 0 saturated carbocycles. The molecular weight excluding hydrogens is 291 g/mol. The van der Waals surface area contributed by atoms with Crippen LogP contribution in [-0.4, -0.2) is 22.3 Å². The fraction of sp³-hybridized carbons (Fsp3) is 0.462. The number of nitrogens with zero attached hydrogens (tertiary/aromatic N) is 1. The Bertz CT molecular complexity index is 533. The van der Waals surface area contributed by atoms with Crippen molar-refractivity contribution in [1.29, 1.82) is 0 Å². The zero-order valence-electron chi connectivity index (χ0n) is 11.6. The van der Waals surface area contributed by atoms with Gasteiger partial charge in [-0.05, 0) is 32.9 Å². The van der Waals surface area contributed by atoms with Gasteiger partial charge in [-0.2, -0.15) is 17.6 Å². The Morgan fingerprint density at radius 3 is 2.30 bits per heavy atom. The lowest BCUT2D eigenvalue weighted by Gasteiger charge is -2.15. The number of benzene rings is 1. The van der Waals surface area contributed by atoms with Gasteiger partial charge in [0, 0.05) is 11.8 Å². The predicted octanol–water partition coefficient (Wildman–Crippen LogP) is 3.60. The number of alkyl halides is 3. The van der Waals surface area contributed by atoms with Crippen molar-refractivity contribution in [3.05, 3.63) is 29.3 Å². The van der Waals surface area contributed by atoms with Crippen LogP contribution in [-0.2, 0) is 17.2 Å². The first-order valence-electron chi connectivity index (χ1n) is 5.77.